The van der Waals surface area contributed by atoms with Crippen molar-refractivity contribution >= 4 is 5.96 Å². The summed E-state index contributed by atoms with van der Waals surface area (Å²) in [5.74, 6) is 3.29. The molecule has 236 valence electrons. The van der Waals surface area contributed by atoms with Gasteiger partial charge in [-0.05, 0) is 88.8 Å². The number of ether oxygens (including phenoxy) is 1. The lowest BCUT2D eigenvalue weighted by Gasteiger charge is -2.32. The summed E-state index contributed by atoms with van der Waals surface area (Å²) < 4.78 is 8.07. The van der Waals surface area contributed by atoms with Crippen LogP contribution in [0.3, 0.4) is 0 Å². The molecule has 0 amide bonds. The molecular formula is C36H61N5O. The maximum atomic E-state index is 8.47. The molecule has 5 rings (SSSR count). The van der Waals surface area contributed by atoms with Gasteiger partial charge in [-0.25, -0.2) is 4.99 Å². The summed E-state index contributed by atoms with van der Waals surface area (Å²) in [5, 5.41) is 8.47. The van der Waals surface area contributed by atoms with E-state index in [4.69, 9.17) is 15.9 Å². The van der Waals surface area contributed by atoms with Crippen molar-refractivity contribution in [2.24, 2.45) is 22.6 Å². The number of pyridine rings is 1. The number of hydrogen-bond donors (Lipinski definition) is 2. The highest BCUT2D eigenvalue weighted by Gasteiger charge is 2.29. The number of nitrogens with zero attached hydrogens (tertiary/aromatic N) is 3. The molecule has 1 aliphatic heterocycles. The fraction of sp³-hybridized carbons (Fsp3) is 0.667. The van der Waals surface area contributed by atoms with E-state index in [-0.39, 0.29) is 0 Å². The van der Waals surface area contributed by atoms with Gasteiger partial charge < -0.3 is 10.5 Å². The van der Waals surface area contributed by atoms with Crippen molar-refractivity contribution in [1.82, 2.24) is 9.47 Å². The first-order valence-corrected chi connectivity index (χ1v) is 16.8. The average molecular weight is 580 g/mol. The second-order valence-electron chi connectivity index (χ2n) is 12.2. The molecule has 2 aromatic rings. The zero-order valence-corrected chi connectivity index (χ0v) is 28.3. The normalized spacial score (nSPS) is 17.3. The fourth-order valence-corrected chi connectivity index (χ4v) is 4.95. The molecule has 1 aromatic heterocycles. The van der Waals surface area contributed by atoms with E-state index in [1.165, 1.54) is 41.5 Å². The van der Waals surface area contributed by atoms with Gasteiger partial charge in [0.2, 0.25) is 5.96 Å². The molecule has 3 N–H and O–H groups in total. The maximum Gasteiger partial charge on any atom is 0.201 e. The highest BCUT2D eigenvalue weighted by Crippen LogP contribution is 2.44. The molecule has 42 heavy (non-hydrogen) atoms. The first-order chi connectivity index (χ1) is 20.2. The SMILES string of the molecule is CC.CC.CCC(C)C.Cc1cc(C)cc(CN2CCC(COc3cc(=N)n(C(N)=NC4CC4)cc3C3CC3)CC2)c1. The number of aliphatic imine (C=N–C) groups is 1. The van der Waals surface area contributed by atoms with Crippen molar-refractivity contribution in [2.45, 2.75) is 126 Å². The van der Waals surface area contributed by atoms with E-state index >= 15 is 0 Å². The van der Waals surface area contributed by atoms with Crippen molar-refractivity contribution in [3.05, 3.63) is 58.2 Å². The maximum absolute atomic E-state index is 8.47. The Morgan fingerprint density at radius 1 is 0.952 bits per heavy atom. The van der Waals surface area contributed by atoms with Crippen LogP contribution in [0.5, 0.6) is 5.75 Å². The van der Waals surface area contributed by atoms with Gasteiger partial charge in [0.15, 0.2) is 0 Å². The second-order valence-corrected chi connectivity index (χ2v) is 12.2. The van der Waals surface area contributed by atoms with E-state index in [1.54, 1.807) is 4.57 Å². The van der Waals surface area contributed by atoms with Crippen LogP contribution in [0.15, 0.2) is 35.5 Å². The molecule has 0 spiro atoms. The molecule has 2 saturated carbocycles. The number of likely N-dealkylation sites (tertiary alicyclic amines) is 1. The van der Waals surface area contributed by atoms with E-state index < -0.39 is 0 Å². The average Bonchev–Trinajstić information content (AvgIpc) is 3.91. The van der Waals surface area contributed by atoms with Crippen LogP contribution in [0, 0.1) is 31.1 Å². The Labute approximate surface area is 257 Å². The first-order valence-electron chi connectivity index (χ1n) is 16.8. The molecule has 3 aliphatic rings. The van der Waals surface area contributed by atoms with Crippen LogP contribution in [0.2, 0.25) is 0 Å². The summed E-state index contributed by atoms with van der Waals surface area (Å²) in [4.78, 5) is 7.09. The molecule has 0 atom stereocenters. The van der Waals surface area contributed by atoms with Crippen LogP contribution in [0.25, 0.3) is 0 Å². The first kappa shape index (κ1) is 35.6. The van der Waals surface area contributed by atoms with Crippen LogP contribution in [-0.2, 0) is 6.54 Å². The van der Waals surface area contributed by atoms with Gasteiger partial charge in [0.05, 0.1) is 12.6 Å². The highest BCUT2D eigenvalue weighted by atomic mass is 16.5. The monoisotopic (exact) mass is 579 g/mol. The zero-order valence-electron chi connectivity index (χ0n) is 28.3. The summed E-state index contributed by atoms with van der Waals surface area (Å²) in [7, 11) is 0. The number of nitrogens with one attached hydrogen (secondary N) is 1. The van der Waals surface area contributed by atoms with Gasteiger partial charge in [-0.1, -0.05) is 84.2 Å². The fourth-order valence-electron chi connectivity index (χ4n) is 4.95. The lowest BCUT2D eigenvalue weighted by Crippen LogP contribution is -2.35. The van der Waals surface area contributed by atoms with E-state index in [2.05, 4.69) is 62.7 Å². The third-order valence-electron chi connectivity index (χ3n) is 7.89. The summed E-state index contributed by atoms with van der Waals surface area (Å²) in [6, 6.07) is 9.05. The van der Waals surface area contributed by atoms with E-state index in [0.29, 0.717) is 29.3 Å². The van der Waals surface area contributed by atoms with Gasteiger partial charge in [-0.3, -0.25) is 14.9 Å². The molecule has 6 heteroatoms. The summed E-state index contributed by atoms with van der Waals surface area (Å²) >= 11 is 0. The molecule has 0 radical (unpaired) electrons. The van der Waals surface area contributed by atoms with Crippen molar-refractivity contribution in [3.63, 3.8) is 0 Å². The summed E-state index contributed by atoms with van der Waals surface area (Å²) in [6.07, 6.45) is 10.2. The van der Waals surface area contributed by atoms with E-state index in [0.717, 1.165) is 63.6 Å². The Balaban J connectivity index is 0.000000612. The Morgan fingerprint density at radius 2 is 1.52 bits per heavy atom. The van der Waals surface area contributed by atoms with Crippen molar-refractivity contribution in [2.75, 3.05) is 19.7 Å². The van der Waals surface area contributed by atoms with Crippen molar-refractivity contribution in [3.8, 4) is 5.75 Å². The molecule has 0 unspecified atom stereocenters. The van der Waals surface area contributed by atoms with Gasteiger partial charge in [-0.15, -0.1) is 0 Å². The predicted molar refractivity (Wildman–Crippen MR) is 180 cm³/mol. The van der Waals surface area contributed by atoms with Crippen LogP contribution in [0.1, 0.15) is 122 Å². The zero-order chi connectivity index (χ0) is 31.2. The number of aryl methyl sites for hydroxylation is 2. The Kier molecular flexibility index (Phi) is 15.4. The largest absolute Gasteiger partial charge is 0.493 e. The summed E-state index contributed by atoms with van der Waals surface area (Å²) in [6.45, 7) is 23.0. The van der Waals surface area contributed by atoms with Gasteiger partial charge in [-0.2, -0.15) is 0 Å². The van der Waals surface area contributed by atoms with E-state index in [9.17, 15) is 0 Å². The number of piperidine rings is 1. The van der Waals surface area contributed by atoms with Crippen LogP contribution < -0.4 is 16.0 Å². The molecule has 6 nitrogen and oxygen atoms in total. The van der Waals surface area contributed by atoms with Gasteiger partial charge >= 0.3 is 0 Å². The second kappa shape index (κ2) is 18.1. The van der Waals surface area contributed by atoms with Gasteiger partial charge in [0.25, 0.3) is 0 Å². The number of rotatable bonds is 8. The third kappa shape index (κ3) is 11.9. The van der Waals surface area contributed by atoms with Crippen LogP contribution >= 0.6 is 0 Å². The molecule has 3 fully saturated rings. The number of hydrogen-bond acceptors (Lipinski definition) is 4. The molecule has 0 bridgehead atoms. The number of benzene rings is 1. The smallest absolute Gasteiger partial charge is 0.201 e. The van der Waals surface area contributed by atoms with Gasteiger partial charge in [0, 0.05) is 24.4 Å². The predicted octanol–water partition coefficient (Wildman–Crippen LogP) is 8.18. The third-order valence-corrected chi connectivity index (χ3v) is 7.89. The molecule has 1 aromatic carbocycles. The minimum Gasteiger partial charge on any atom is -0.493 e. The van der Waals surface area contributed by atoms with Gasteiger partial charge in [0.1, 0.15) is 11.2 Å². The van der Waals surface area contributed by atoms with Crippen molar-refractivity contribution in [1.29, 1.82) is 5.41 Å². The Morgan fingerprint density at radius 3 is 2.02 bits per heavy atom. The molecule has 2 aliphatic carbocycles. The topological polar surface area (TPSA) is 79.6 Å². The quantitative estimate of drug-likeness (QED) is 0.244. The minimum absolute atomic E-state index is 0.345. The lowest BCUT2D eigenvalue weighted by molar-refractivity contribution is 0.136. The standard InChI is InChI=1S/C27H37N5O.C5H12.2C2H6/c1-18-11-19(2)13-21(12-18)15-31-9-7-20(8-10-31)17-33-25-14-26(28)32(16-24(25)22-3-4-22)27(29)30-23-5-6-23;1-4-5(2)3;2*1-2/h11-14,16,20,22-23,28H,3-10,15,17H2,1-2H3,(H2,29,30);5H,4H2,1-3H3;2*1-2H3. The van der Waals surface area contributed by atoms with E-state index in [1.807, 2.05) is 40.0 Å². The lowest BCUT2D eigenvalue weighted by atomic mass is 9.97. The summed E-state index contributed by atoms with van der Waals surface area (Å²) in [5.41, 5.74) is 11.8. The number of aromatic nitrogens is 1. The Hall–Kier alpha value is -2.60. The van der Waals surface area contributed by atoms with Crippen LogP contribution in [0.4, 0.5) is 0 Å². The van der Waals surface area contributed by atoms with Crippen molar-refractivity contribution < 1.29 is 4.74 Å². The number of nitrogens with two attached hydrogens (primary N) is 1. The highest BCUT2D eigenvalue weighted by molar-refractivity contribution is 5.81. The minimum atomic E-state index is 0.345. The molecule has 2 heterocycles. The molecular weight excluding hydrogens is 518 g/mol. The Bertz CT molecular complexity index is 1130. The van der Waals surface area contributed by atoms with Crippen LogP contribution in [-0.4, -0.2) is 41.2 Å². The molecule has 1 saturated heterocycles.